The predicted molar refractivity (Wildman–Crippen MR) is 89.1 cm³/mol. The van der Waals surface area contributed by atoms with E-state index in [0.717, 1.165) is 25.1 Å². The smallest absolute Gasteiger partial charge is 0.134 e. The number of para-hydroxylation sites is 1. The zero-order valence-electron chi connectivity index (χ0n) is 13.3. The Morgan fingerprint density at radius 2 is 1.95 bits per heavy atom. The van der Waals surface area contributed by atoms with Crippen molar-refractivity contribution in [1.82, 2.24) is 9.78 Å². The lowest BCUT2D eigenvalue weighted by Gasteiger charge is -2.26. The highest BCUT2D eigenvalue weighted by atomic mass is 15.4. The molecule has 0 saturated heterocycles. The molecule has 21 heavy (non-hydrogen) atoms. The summed E-state index contributed by atoms with van der Waals surface area (Å²) in [7, 11) is 2.02. The van der Waals surface area contributed by atoms with Crippen molar-refractivity contribution in [3.05, 3.63) is 41.6 Å². The second-order valence-corrected chi connectivity index (χ2v) is 5.39. The first-order valence-corrected chi connectivity index (χ1v) is 7.74. The fourth-order valence-corrected chi connectivity index (χ4v) is 2.75. The third kappa shape index (κ3) is 3.45. The third-order valence-electron chi connectivity index (χ3n) is 3.77. The van der Waals surface area contributed by atoms with Gasteiger partial charge in [0.25, 0.3) is 0 Å². The Bertz CT molecular complexity index is 560. The number of anilines is 2. The van der Waals surface area contributed by atoms with Crippen LogP contribution in [0.1, 0.15) is 31.0 Å². The van der Waals surface area contributed by atoms with Crippen LogP contribution < -0.4 is 10.6 Å². The number of unbranched alkanes of at least 4 members (excludes halogenated alkanes) is 1. The van der Waals surface area contributed by atoms with Crippen molar-refractivity contribution < 1.29 is 0 Å². The molecule has 2 rings (SSSR count). The molecule has 1 aromatic carbocycles. The van der Waals surface area contributed by atoms with E-state index >= 15 is 0 Å². The molecule has 0 unspecified atom stereocenters. The molecule has 0 atom stereocenters. The molecule has 0 aliphatic heterocycles. The molecule has 0 fully saturated rings. The standard InChI is InChI=1S/C17H26N4/c1-4-5-13-21(15-9-7-6-8-10-15)17-16(11-12-18)14(2)19-20(17)3/h6-10H,4-5,11-13,18H2,1-3H3. The van der Waals surface area contributed by atoms with E-state index in [-0.39, 0.29) is 0 Å². The van der Waals surface area contributed by atoms with Crippen LogP contribution in [0.25, 0.3) is 0 Å². The Morgan fingerprint density at radius 1 is 1.24 bits per heavy atom. The highest BCUT2D eigenvalue weighted by Crippen LogP contribution is 2.30. The largest absolute Gasteiger partial charge is 0.330 e. The summed E-state index contributed by atoms with van der Waals surface area (Å²) in [4.78, 5) is 2.37. The van der Waals surface area contributed by atoms with Gasteiger partial charge in [0.1, 0.15) is 5.82 Å². The van der Waals surface area contributed by atoms with Gasteiger partial charge < -0.3 is 10.6 Å². The van der Waals surface area contributed by atoms with Gasteiger partial charge in [-0.3, -0.25) is 4.68 Å². The first kappa shape index (κ1) is 15.6. The second-order valence-electron chi connectivity index (χ2n) is 5.39. The van der Waals surface area contributed by atoms with Gasteiger partial charge in [-0.1, -0.05) is 31.5 Å². The van der Waals surface area contributed by atoms with Crippen LogP contribution in [-0.4, -0.2) is 22.9 Å². The van der Waals surface area contributed by atoms with Crippen LogP contribution >= 0.6 is 0 Å². The molecular formula is C17H26N4. The van der Waals surface area contributed by atoms with Crippen molar-refractivity contribution in [3.8, 4) is 0 Å². The molecule has 4 nitrogen and oxygen atoms in total. The number of hydrogen-bond acceptors (Lipinski definition) is 3. The molecule has 4 heteroatoms. The summed E-state index contributed by atoms with van der Waals surface area (Å²) in [6, 6.07) is 10.5. The molecule has 0 amide bonds. The first-order valence-electron chi connectivity index (χ1n) is 7.74. The molecule has 0 spiro atoms. The number of hydrogen-bond donors (Lipinski definition) is 1. The number of aromatic nitrogens is 2. The molecule has 2 N–H and O–H groups in total. The summed E-state index contributed by atoms with van der Waals surface area (Å²) in [5.74, 6) is 1.18. The average Bonchev–Trinajstić information content (AvgIpc) is 2.76. The summed E-state index contributed by atoms with van der Waals surface area (Å²) in [6.07, 6.45) is 3.19. The van der Waals surface area contributed by atoms with E-state index in [9.17, 15) is 0 Å². The summed E-state index contributed by atoms with van der Waals surface area (Å²) in [6.45, 7) is 5.93. The van der Waals surface area contributed by atoms with E-state index in [4.69, 9.17) is 5.73 Å². The van der Waals surface area contributed by atoms with Gasteiger partial charge >= 0.3 is 0 Å². The summed E-state index contributed by atoms with van der Waals surface area (Å²) in [5, 5.41) is 4.60. The summed E-state index contributed by atoms with van der Waals surface area (Å²) >= 11 is 0. The van der Waals surface area contributed by atoms with Crippen molar-refractivity contribution in [1.29, 1.82) is 0 Å². The molecule has 0 aliphatic rings. The minimum Gasteiger partial charge on any atom is -0.330 e. The third-order valence-corrected chi connectivity index (χ3v) is 3.77. The Balaban J connectivity index is 2.46. The van der Waals surface area contributed by atoms with Crippen LogP contribution in [0.3, 0.4) is 0 Å². The van der Waals surface area contributed by atoms with Crippen LogP contribution in [0.4, 0.5) is 11.5 Å². The van der Waals surface area contributed by atoms with Gasteiger partial charge in [-0.2, -0.15) is 5.10 Å². The lowest BCUT2D eigenvalue weighted by molar-refractivity contribution is 0.714. The lowest BCUT2D eigenvalue weighted by atomic mass is 10.1. The second kappa shape index (κ2) is 7.27. The minimum absolute atomic E-state index is 0.649. The van der Waals surface area contributed by atoms with Crippen LogP contribution in [0.15, 0.2) is 30.3 Å². The normalized spacial score (nSPS) is 10.9. The van der Waals surface area contributed by atoms with E-state index < -0.39 is 0 Å². The maximum absolute atomic E-state index is 5.79. The molecule has 1 aromatic heterocycles. The van der Waals surface area contributed by atoms with E-state index in [2.05, 4.69) is 54.2 Å². The first-order chi connectivity index (χ1) is 10.2. The van der Waals surface area contributed by atoms with Crippen molar-refractivity contribution in [3.63, 3.8) is 0 Å². The maximum Gasteiger partial charge on any atom is 0.134 e. The number of aryl methyl sites for hydroxylation is 2. The molecule has 114 valence electrons. The molecule has 0 radical (unpaired) electrons. The van der Waals surface area contributed by atoms with E-state index in [1.165, 1.54) is 23.5 Å². The topological polar surface area (TPSA) is 47.1 Å². The van der Waals surface area contributed by atoms with Crippen LogP contribution in [0, 0.1) is 6.92 Å². The maximum atomic E-state index is 5.79. The van der Waals surface area contributed by atoms with Gasteiger partial charge in [0.15, 0.2) is 0 Å². The van der Waals surface area contributed by atoms with Crippen molar-refractivity contribution >= 4 is 11.5 Å². The van der Waals surface area contributed by atoms with Gasteiger partial charge in [-0.15, -0.1) is 0 Å². The number of nitrogens with zero attached hydrogens (tertiary/aromatic N) is 3. The summed E-state index contributed by atoms with van der Waals surface area (Å²) in [5.41, 5.74) is 9.35. The van der Waals surface area contributed by atoms with Crippen molar-refractivity contribution in [2.45, 2.75) is 33.1 Å². The van der Waals surface area contributed by atoms with Crippen LogP contribution in [0.2, 0.25) is 0 Å². The zero-order valence-corrected chi connectivity index (χ0v) is 13.3. The highest BCUT2D eigenvalue weighted by Gasteiger charge is 2.19. The van der Waals surface area contributed by atoms with Gasteiger partial charge in [0.2, 0.25) is 0 Å². The van der Waals surface area contributed by atoms with Gasteiger partial charge in [0, 0.05) is 24.8 Å². The van der Waals surface area contributed by atoms with Gasteiger partial charge in [-0.25, -0.2) is 0 Å². The number of rotatable bonds is 7. The quantitative estimate of drug-likeness (QED) is 0.850. The Hall–Kier alpha value is -1.81. The monoisotopic (exact) mass is 286 g/mol. The van der Waals surface area contributed by atoms with Crippen LogP contribution in [-0.2, 0) is 13.5 Å². The molecule has 0 aliphatic carbocycles. The zero-order chi connectivity index (χ0) is 15.2. The van der Waals surface area contributed by atoms with Crippen molar-refractivity contribution in [2.24, 2.45) is 12.8 Å². The number of benzene rings is 1. The summed E-state index contributed by atoms with van der Waals surface area (Å²) < 4.78 is 1.99. The fourth-order valence-electron chi connectivity index (χ4n) is 2.75. The van der Waals surface area contributed by atoms with E-state index in [0.29, 0.717) is 6.54 Å². The van der Waals surface area contributed by atoms with E-state index in [1.54, 1.807) is 0 Å². The van der Waals surface area contributed by atoms with E-state index in [1.807, 2.05) is 11.7 Å². The lowest BCUT2D eigenvalue weighted by Crippen LogP contribution is -2.22. The minimum atomic E-state index is 0.649. The van der Waals surface area contributed by atoms with Gasteiger partial charge in [0.05, 0.1) is 5.69 Å². The SMILES string of the molecule is CCCCN(c1ccccc1)c1c(CCN)c(C)nn1C. The van der Waals surface area contributed by atoms with Crippen LogP contribution in [0.5, 0.6) is 0 Å². The molecule has 0 saturated carbocycles. The fraction of sp³-hybridized carbons (Fsp3) is 0.471. The predicted octanol–water partition coefficient (Wildman–Crippen LogP) is 3.17. The highest BCUT2D eigenvalue weighted by molar-refractivity contribution is 5.64. The van der Waals surface area contributed by atoms with Gasteiger partial charge in [-0.05, 0) is 38.4 Å². The average molecular weight is 286 g/mol. The molecule has 1 heterocycles. The Kier molecular flexibility index (Phi) is 5.39. The Morgan fingerprint density at radius 3 is 2.57 bits per heavy atom. The molecular weight excluding hydrogens is 260 g/mol. The molecule has 0 bridgehead atoms. The molecule has 2 aromatic rings. The number of nitrogens with two attached hydrogens (primary N) is 1. The Labute approximate surface area is 127 Å². The van der Waals surface area contributed by atoms with Crippen molar-refractivity contribution in [2.75, 3.05) is 18.0 Å².